The predicted molar refractivity (Wildman–Crippen MR) is 141 cm³/mol. The van der Waals surface area contributed by atoms with Crippen LogP contribution in [0.15, 0.2) is 65.8 Å². The maximum Gasteiger partial charge on any atom is 0.249 e. The lowest BCUT2D eigenvalue weighted by Crippen LogP contribution is -2.24. The number of methoxy groups -OCH3 is 1. The standard InChI is InChI=1S/C26H26IN3O4/c1-17-9-10-22(18(2)11-17)29-24(31)14-25(32)30-28-15-20-12-21(27)26(23(13-20)33-3)34-16-19-7-5-4-6-8-19/h4-13,15H,14,16H2,1-3H3,(H,29,31)(H,30,32). The Hall–Kier alpha value is -3.40. The van der Waals surface area contributed by atoms with Gasteiger partial charge in [0.15, 0.2) is 11.5 Å². The Morgan fingerprint density at radius 2 is 1.79 bits per heavy atom. The minimum Gasteiger partial charge on any atom is -0.493 e. The number of nitrogens with zero attached hydrogens (tertiary/aromatic N) is 1. The number of hydrogen-bond acceptors (Lipinski definition) is 5. The molecule has 0 aliphatic carbocycles. The zero-order valence-corrected chi connectivity index (χ0v) is 21.4. The molecule has 0 aliphatic heterocycles. The quantitative estimate of drug-likeness (QED) is 0.164. The SMILES string of the molecule is COc1cc(C=NNC(=O)CC(=O)Nc2ccc(C)cc2C)cc(I)c1OCc1ccccc1. The number of carbonyl (C=O) groups excluding carboxylic acids is 2. The molecule has 0 radical (unpaired) electrons. The molecule has 0 saturated carbocycles. The van der Waals surface area contributed by atoms with Gasteiger partial charge in [0, 0.05) is 5.69 Å². The van der Waals surface area contributed by atoms with Crippen molar-refractivity contribution in [2.45, 2.75) is 26.9 Å². The number of hydrogen-bond donors (Lipinski definition) is 2. The molecule has 0 heterocycles. The predicted octanol–water partition coefficient (Wildman–Crippen LogP) is 4.97. The van der Waals surface area contributed by atoms with Crippen molar-refractivity contribution in [2.24, 2.45) is 5.10 Å². The fourth-order valence-electron chi connectivity index (χ4n) is 3.20. The van der Waals surface area contributed by atoms with E-state index in [1.807, 2.05) is 68.4 Å². The smallest absolute Gasteiger partial charge is 0.249 e. The molecule has 7 nitrogen and oxygen atoms in total. The Morgan fingerprint density at radius 3 is 2.50 bits per heavy atom. The molecule has 0 saturated heterocycles. The average molecular weight is 571 g/mol. The van der Waals surface area contributed by atoms with Crippen LogP contribution >= 0.6 is 22.6 Å². The Kier molecular flexibility index (Phi) is 9.03. The summed E-state index contributed by atoms with van der Waals surface area (Å²) in [6.07, 6.45) is 1.16. The number of aryl methyl sites for hydroxylation is 2. The maximum absolute atomic E-state index is 12.2. The summed E-state index contributed by atoms with van der Waals surface area (Å²) >= 11 is 2.17. The van der Waals surface area contributed by atoms with Crippen molar-refractivity contribution in [3.63, 3.8) is 0 Å². The molecule has 0 spiro atoms. The summed E-state index contributed by atoms with van der Waals surface area (Å²) in [5, 5.41) is 6.71. The van der Waals surface area contributed by atoms with E-state index in [-0.39, 0.29) is 6.42 Å². The van der Waals surface area contributed by atoms with Gasteiger partial charge in [-0.2, -0.15) is 5.10 Å². The molecule has 3 rings (SSSR count). The second-order valence-electron chi connectivity index (χ2n) is 7.64. The molecule has 0 aromatic heterocycles. The van der Waals surface area contributed by atoms with Crippen molar-refractivity contribution in [1.82, 2.24) is 5.43 Å². The first-order valence-electron chi connectivity index (χ1n) is 10.6. The maximum atomic E-state index is 12.2. The molecule has 0 fully saturated rings. The largest absolute Gasteiger partial charge is 0.493 e. The molecule has 8 heteroatoms. The molecule has 2 amide bonds. The van der Waals surface area contributed by atoms with Gasteiger partial charge in [0.25, 0.3) is 0 Å². The summed E-state index contributed by atoms with van der Waals surface area (Å²) < 4.78 is 12.3. The second-order valence-corrected chi connectivity index (χ2v) is 8.81. The lowest BCUT2D eigenvalue weighted by molar-refractivity contribution is -0.126. The molecular weight excluding hydrogens is 545 g/mol. The van der Waals surface area contributed by atoms with Gasteiger partial charge in [-0.25, -0.2) is 5.43 Å². The van der Waals surface area contributed by atoms with Crippen LogP contribution in [0.3, 0.4) is 0 Å². The summed E-state index contributed by atoms with van der Waals surface area (Å²) in [6.45, 7) is 4.30. The van der Waals surface area contributed by atoms with Crippen molar-refractivity contribution in [2.75, 3.05) is 12.4 Å². The number of anilines is 1. The van der Waals surface area contributed by atoms with Crippen LogP contribution in [0, 0.1) is 17.4 Å². The average Bonchev–Trinajstić information content (AvgIpc) is 2.80. The number of nitrogens with one attached hydrogen (secondary N) is 2. The van der Waals surface area contributed by atoms with E-state index in [9.17, 15) is 9.59 Å². The Bertz CT molecular complexity index is 1200. The van der Waals surface area contributed by atoms with E-state index in [0.717, 1.165) is 20.3 Å². The van der Waals surface area contributed by atoms with Crippen molar-refractivity contribution in [3.05, 3.63) is 86.5 Å². The molecule has 3 aromatic carbocycles. The molecule has 176 valence electrons. The fourth-order valence-corrected chi connectivity index (χ4v) is 3.98. The third-order valence-corrected chi connectivity index (χ3v) is 5.66. The third kappa shape index (κ3) is 7.31. The van der Waals surface area contributed by atoms with Crippen molar-refractivity contribution in [1.29, 1.82) is 0 Å². The molecule has 34 heavy (non-hydrogen) atoms. The summed E-state index contributed by atoms with van der Waals surface area (Å²) in [6, 6.07) is 19.2. The topological polar surface area (TPSA) is 89.0 Å². The van der Waals surface area contributed by atoms with Crippen LogP contribution in [0.4, 0.5) is 5.69 Å². The van der Waals surface area contributed by atoms with E-state index in [1.54, 1.807) is 13.2 Å². The first kappa shape index (κ1) is 25.2. The zero-order valence-electron chi connectivity index (χ0n) is 19.2. The van der Waals surface area contributed by atoms with Crippen LogP contribution in [0.1, 0.15) is 28.7 Å². The van der Waals surface area contributed by atoms with E-state index >= 15 is 0 Å². The van der Waals surface area contributed by atoms with Gasteiger partial charge in [0.2, 0.25) is 11.8 Å². The molecular formula is C26H26IN3O4. The van der Waals surface area contributed by atoms with Gasteiger partial charge in [0.05, 0.1) is 16.9 Å². The van der Waals surface area contributed by atoms with Gasteiger partial charge in [-0.05, 0) is 71.3 Å². The van der Waals surface area contributed by atoms with E-state index in [2.05, 4.69) is 38.4 Å². The van der Waals surface area contributed by atoms with Crippen molar-refractivity contribution >= 4 is 46.3 Å². The number of carbonyl (C=O) groups is 2. The van der Waals surface area contributed by atoms with Gasteiger partial charge in [-0.1, -0.05) is 48.0 Å². The van der Waals surface area contributed by atoms with Crippen LogP contribution < -0.4 is 20.2 Å². The Labute approximate surface area is 212 Å². The van der Waals surface area contributed by atoms with Crippen LogP contribution in [-0.4, -0.2) is 25.1 Å². The zero-order chi connectivity index (χ0) is 24.5. The van der Waals surface area contributed by atoms with Gasteiger partial charge < -0.3 is 14.8 Å². The van der Waals surface area contributed by atoms with Crippen molar-refractivity contribution in [3.8, 4) is 11.5 Å². The Balaban J connectivity index is 1.56. The number of hydrazone groups is 1. The van der Waals surface area contributed by atoms with E-state index in [1.165, 1.54) is 6.21 Å². The number of amides is 2. The molecule has 0 atom stereocenters. The third-order valence-electron chi connectivity index (χ3n) is 4.86. The molecule has 0 bridgehead atoms. The summed E-state index contributed by atoms with van der Waals surface area (Å²) in [4.78, 5) is 24.3. The van der Waals surface area contributed by atoms with Gasteiger partial charge in [-0.3, -0.25) is 9.59 Å². The highest BCUT2D eigenvalue weighted by Gasteiger charge is 2.13. The number of halogens is 1. The number of ether oxygens (including phenoxy) is 2. The molecule has 3 aromatic rings. The fraction of sp³-hybridized carbons (Fsp3) is 0.192. The number of benzene rings is 3. The normalized spacial score (nSPS) is 10.7. The van der Waals surface area contributed by atoms with Gasteiger partial charge in [0.1, 0.15) is 13.0 Å². The van der Waals surface area contributed by atoms with Crippen LogP contribution in [0.5, 0.6) is 11.5 Å². The summed E-state index contributed by atoms with van der Waals surface area (Å²) in [5.41, 5.74) is 6.87. The highest BCUT2D eigenvalue weighted by molar-refractivity contribution is 14.1. The number of rotatable bonds is 9. The highest BCUT2D eigenvalue weighted by Crippen LogP contribution is 2.34. The van der Waals surface area contributed by atoms with Crippen LogP contribution in [-0.2, 0) is 16.2 Å². The Morgan fingerprint density at radius 1 is 1.03 bits per heavy atom. The summed E-state index contributed by atoms with van der Waals surface area (Å²) in [5.74, 6) is 0.276. The minimum atomic E-state index is -0.511. The minimum absolute atomic E-state index is 0.336. The van der Waals surface area contributed by atoms with Crippen LogP contribution in [0.2, 0.25) is 0 Å². The summed E-state index contributed by atoms with van der Waals surface area (Å²) in [7, 11) is 1.57. The second kappa shape index (κ2) is 12.2. The first-order chi connectivity index (χ1) is 16.4. The van der Waals surface area contributed by atoms with E-state index in [0.29, 0.717) is 29.4 Å². The van der Waals surface area contributed by atoms with Crippen LogP contribution in [0.25, 0.3) is 0 Å². The van der Waals surface area contributed by atoms with Crippen molar-refractivity contribution < 1.29 is 19.1 Å². The van der Waals surface area contributed by atoms with Gasteiger partial charge in [-0.15, -0.1) is 0 Å². The van der Waals surface area contributed by atoms with E-state index < -0.39 is 11.8 Å². The molecule has 2 N–H and O–H groups in total. The van der Waals surface area contributed by atoms with Gasteiger partial charge >= 0.3 is 0 Å². The monoisotopic (exact) mass is 571 g/mol. The lowest BCUT2D eigenvalue weighted by atomic mass is 10.1. The highest BCUT2D eigenvalue weighted by atomic mass is 127. The molecule has 0 aliphatic rings. The lowest BCUT2D eigenvalue weighted by Gasteiger charge is -2.13. The molecule has 0 unspecified atom stereocenters. The first-order valence-corrected chi connectivity index (χ1v) is 11.7. The van der Waals surface area contributed by atoms with E-state index in [4.69, 9.17) is 9.47 Å².